The van der Waals surface area contributed by atoms with Crippen molar-refractivity contribution in [3.8, 4) is 22.4 Å². The van der Waals surface area contributed by atoms with Gasteiger partial charge in [-0.1, -0.05) is 36.8 Å². The summed E-state index contributed by atoms with van der Waals surface area (Å²) in [5, 5.41) is 3.26. The predicted molar refractivity (Wildman–Crippen MR) is 94.2 cm³/mol. The first-order chi connectivity index (χ1) is 11.3. The Bertz CT molecular complexity index is 784. The van der Waals surface area contributed by atoms with Gasteiger partial charge in [-0.25, -0.2) is 9.97 Å². The lowest BCUT2D eigenvalue weighted by atomic mass is 10.00. The quantitative estimate of drug-likeness (QED) is 0.762. The highest BCUT2D eigenvalue weighted by Gasteiger charge is 2.11. The number of hydrogen-bond donors (Lipinski definition) is 1. The van der Waals surface area contributed by atoms with Crippen LogP contribution >= 0.6 is 0 Å². The van der Waals surface area contributed by atoms with Crippen molar-refractivity contribution in [2.45, 2.75) is 20.3 Å². The summed E-state index contributed by atoms with van der Waals surface area (Å²) in [7, 11) is 0. The molecule has 0 bridgehead atoms. The first-order valence-corrected chi connectivity index (χ1v) is 7.86. The van der Waals surface area contributed by atoms with Gasteiger partial charge in [-0.3, -0.25) is 4.98 Å². The van der Waals surface area contributed by atoms with Crippen molar-refractivity contribution < 1.29 is 0 Å². The highest BCUT2D eigenvalue weighted by molar-refractivity contribution is 5.80. The van der Waals surface area contributed by atoms with E-state index in [1.807, 2.05) is 18.3 Å². The van der Waals surface area contributed by atoms with Crippen LogP contribution in [0, 0.1) is 6.92 Å². The fourth-order valence-corrected chi connectivity index (χ4v) is 2.46. The Balaban J connectivity index is 2.11. The van der Waals surface area contributed by atoms with Crippen LogP contribution in [0.5, 0.6) is 0 Å². The molecule has 116 valence electrons. The molecule has 2 aromatic heterocycles. The minimum Gasteiger partial charge on any atom is -0.354 e. The molecule has 0 radical (unpaired) electrons. The Hall–Kier alpha value is -2.75. The lowest BCUT2D eigenvalue weighted by Crippen LogP contribution is -2.05. The number of aryl methyl sites for hydroxylation is 1. The fraction of sp³-hybridized carbons (Fsp3) is 0.211. The van der Waals surface area contributed by atoms with Gasteiger partial charge < -0.3 is 5.32 Å². The number of aromatic nitrogens is 3. The van der Waals surface area contributed by atoms with Crippen LogP contribution in [0.15, 0.2) is 55.0 Å². The molecule has 2 heterocycles. The molecule has 0 unspecified atom stereocenters. The van der Waals surface area contributed by atoms with Crippen LogP contribution in [0.4, 0.5) is 5.95 Å². The van der Waals surface area contributed by atoms with E-state index >= 15 is 0 Å². The summed E-state index contributed by atoms with van der Waals surface area (Å²) in [4.78, 5) is 13.3. The van der Waals surface area contributed by atoms with E-state index in [2.05, 4.69) is 53.4 Å². The van der Waals surface area contributed by atoms with Crippen molar-refractivity contribution >= 4 is 5.95 Å². The van der Waals surface area contributed by atoms with Gasteiger partial charge in [0, 0.05) is 36.3 Å². The van der Waals surface area contributed by atoms with Crippen molar-refractivity contribution in [1.29, 1.82) is 0 Å². The summed E-state index contributed by atoms with van der Waals surface area (Å²) in [6.07, 6.45) is 6.51. The lowest BCUT2D eigenvalue weighted by molar-refractivity contribution is 0.953. The Morgan fingerprint density at radius 2 is 1.87 bits per heavy atom. The number of benzene rings is 1. The van der Waals surface area contributed by atoms with Gasteiger partial charge in [-0.15, -0.1) is 0 Å². The molecule has 23 heavy (non-hydrogen) atoms. The van der Waals surface area contributed by atoms with Crippen molar-refractivity contribution in [2.75, 3.05) is 11.9 Å². The minimum atomic E-state index is 0.662. The highest BCUT2D eigenvalue weighted by atomic mass is 15.1. The molecular formula is C19H20N4. The monoisotopic (exact) mass is 304 g/mol. The molecule has 0 aliphatic heterocycles. The maximum absolute atomic E-state index is 4.74. The van der Waals surface area contributed by atoms with Gasteiger partial charge in [0.05, 0.1) is 5.69 Å². The van der Waals surface area contributed by atoms with E-state index in [0.717, 1.165) is 35.3 Å². The topological polar surface area (TPSA) is 50.7 Å². The first kappa shape index (κ1) is 15.2. The van der Waals surface area contributed by atoms with Gasteiger partial charge in [0.2, 0.25) is 5.95 Å². The molecule has 0 spiro atoms. The third-order valence-corrected chi connectivity index (χ3v) is 3.60. The van der Waals surface area contributed by atoms with Gasteiger partial charge in [-0.05, 0) is 31.0 Å². The molecule has 4 nitrogen and oxygen atoms in total. The summed E-state index contributed by atoms with van der Waals surface area (Å²) in [5.74, 6) is 0.662. The summed E-state index contributed by atoms with van der Waals surface area (Å²) < 4.78 is 0. The Labute approximate surface area is 136 Å². The summed E-state index contributed by atoms with van der Waals surface area (Å²) >= 11 is 0. The van der Waals surface area contributed by atoms with Gasteiger partial charge in [0.15, 0.2) is 0 Å². The smallest absolute Gasteiger partial charge is 0.223 e. The van der Waals surface area contributed by atoms with E-state index in [9.17, 15) is 0 Å². The zero-order chi connectivity index (χ0) is 16.1. The van der Waals surface area contributed by atoms with Crippen molar-refractivity contribution in [3.63, 3.8) is 0 Å². The van der Waals surface area contributed by atoms with Gasteiger partial charge in [0.25, 0.3) is 0 Å². The number of nitrogens with zero attached hydrogens (tertiary/aromatic N) is 3. The van der Waals surface area contributed by atoms with Crippen LogP contribution in [-0.4, -0.2) is 21.5 Å². The predicted octanol–water partition coefficient (Wildman–Crippen LogP) is 4.34. The van der Waals surface area contributed by atoms with E-state index in [-0.39, 0.29) is 0 Å². The zero-order valence-electron chi connectivity index (χ0n) is 13.5. The van der Waals surface area contributed by atoms with E-state index < -0.39 is 0 Å². The number of nitrogens with one attached hydrogen (secondary N) is 1. The van der Waals surface area contributed by atoms with E-state index in [1.54, 1.807) is 12.4 Å². The molecule has 0 saturated heterocycles. The Morgan fingerprint density at radius 3 is 2.61 bits per heavy atom. The second-order valence-corrected chi connectivity index (χ2v) is 5.49. The van der Waals surface area contributed by atoms with Gasteiger partial charge >= 0.3 is 0 Å². The van der Waals surface area contributed by atoms with Crippen LogP contribution < -0.4 is 5.32 Å². The SMILES string of the molecule is CCCNc1ncc(-c2cccc(C)c2)c(-c2ccncc2)n1. The molecule has 1 aromatic carbocycles. The van der Waals surface area contributed by atoms with Gasteiger partial charge in [0.1, 0.15) is 0 Å². The molecule has 0 saturated carbocycles. The third-order valence-electron chi connectivity index (χ3n) is 3.60. The fourth-order valence-electron chi connectivity index (χ4n) is 2.46. The van der Waals surface area contributed by atoms with Crippen LogP contribution in [0.1, 0.15) is 18.9 Å². The average molecular weight is 304 g/mol. The molecule has 0 aliphatic rings. The molecule has 0 fully saturated rings. The molecule has 0 atom stereocenters. The maximum Gasteiger partial charge on any atom is 0.223 e. The van der Waals surface area contributed by atoms with Crippen LogP contribution in [0.25, 0.3) is 22.4 Å². The maximum atomic E-state index is 4.74. The van der Waals surface area contributed by atoms with E-state index in [1.165, 1.54) is 5.56 Å². The number of hydrogen-bond acceptors (Lipinski definition) is 4. The van der Waals surface area contributed by atoms with Crippen molar-refractivity contribution in [2.24, 2.45) is 0 Å². The van der Waals surface area contributed by atoms with E-state index in [0.29, 0.717) is 5.95 Å². The molecule has 3 rings (SSSR count). The first-order valence-electron chi connectivity index (χ1n) is 7.86. The molecule has 1 N–H and O–H groups in total. The second-order valence-electron chi connectivity index (χ2n) is 5.49. The number of pyridine rings is 1. The van der Waals surface area contributed by atoms with Crippen LogP contribution in [0.2, 0.25) is 0 Å². The standard InChI is InChI=1S/C19H20N4/c1-3-9-21-19-22-13-17(16-6-4-5-14(2)12-16)18(23-19)15-7-10-20-11-8-15/h4-8,10-13H,3,9H2,1-2H3,(H,21,22,23). The lowest BCUT2D eigenvalue weighted by Gasteiger charge is -2.12. The third kappa shape index (κ3) is 3.54. The van der Waals surface area contributed by atoms with E-state index in [4.69, 9.17) is 4.98 Å². The zero-order valence-corrected chi connectivity index (χ0v) is 13.5. The average Bonchev–Trinajstić information content (AvgIpc) is 2.60. The van der Waals surface area contributed by atoms with Crippen LogP contribution in [0.3, 0.4) is 0 Å². The molecule has 4 heteroatoms. The Morgan fingerprint density at radius 1 is 1.04 bits per heavy atom. The second kappa shape index (κ2) is 7.01. The Kier molecular flexibility index (Phi) is 4.62. The minimum absolute atomic E-state index is 0.662. The number of rotatable bonds is 5. The molecule has 3 aromatic rings. The van der Waals surface area contributed by atoms with Crippen LogP contribution in [-0.2, 0) is 0 Å². The molecular weight excluding hydrogens is 284 g/mol. The normalized spacial score (nSPS) is 10.5. The summed E-state index contributed by atoms with van der Waals surface area (Å²) in [6, 6.07) is 12.4. The van der Waals surface area contributed by atoms with Crippen molar-refractivity contribution in [1.82, 2.24) is 15.0 Å². The largest absolute Gasteiger partial charge is 0.354 e. The van der Waals surface area contributed by atoms with Crippen molar-refractivity contribution in [3.05, 3.63) is 60.6 Å². The molecule has 0 amide bonds. The molecule has 0 aliphatic carbocycles. The summed E-state index contributed by atoms with van der Waals surface area (Å²) in [6.45, 7) is 5.07. The van der Waals surface area contributed by atoms with Gasteiger partial charge in [-0.2, -0.15) is 0 Å². The highest BCUT2D eigenvalue weighted by Crippen LogP contribution is 2.30. The summed E-state index contributed by atoms with van der Waals surface area (Å²) in [5.41, 5.74) is 5.34. The number of anilines is 1.